The minimum Gasteiger partial charge on any atom is -0.353 e. The summed E-state index contributed by atoms with van der Waals surface area (Å²) in [6.45, 7) is 2.74. The molecule has 1 fully saturated rings. The molecule has 122 valence electrons. The molecule has 0 radical (unpaired) electrons. The van der Waals surface area contributed by atoms with Crippen molar-refractivity contribution in [3.8, 4) is 0 Å². The van der Waals surface area contributed by atoms with Gasteiger partial charge in [-0.1, -0.05) is 25.0 Å². The predicted octanol–water partition coefficient (Wildman–Crippen LogP) is 2.52. The Morgan fingerprint density at radius 1 is 1.27 bits per heavy atom. The van der Waals surface area contributed by atoms with Crippen molar-refractivity contribution in [2.75, 3.05) is 12.8 Å². The molecule has 2 N–H and O–H groups in total. The number of hydrogen-bond donors (Lipinski definition) is 2. The average molecular weight is 322 g/mol. The molecule has 22 heavy (non-hydrogen) atoms. The summed E-state index contributed by atoms with van der Waals surface area (Å²) >= 11 is 0. The van der Waals surface area contributed by atoms with Gasteiger partial charge in [0.15, 0.2) is 0 Å². The molecule has 1 aromatic carbocycles. The van der Waals surface area contributed by atoms with E-state index in [9.17, 15) is 9.00 Å². The van der Waals surface area contributed by atoms with Crippen LogP contribution in [0.5, 0.6) is 0 Å². The van der Waals surface area contributed by atoms with E-state index in [4.69, 9.17) is 0 Å². The van der Waals surface area contributed by atoms with E-state index in [0.29, 0.717) is 19.0 Å². The lowest BCUT2D eigenvalue weighted by Gasteiger charge is -2.16. The Morgan fingerprint density at radius 3 is 2.50 bits per heavy atom. The van der Waals surface area contributed by atoms with Gasteiger partial charge in [0, 0.05) is 47.0 Å². The van der Waals surface area contributed by atoms with Gasteiger partial charge in [-0.05, 0) is 37.5 Å². The van der Waals surface area contributed by atoms with Crippen molar-refractivity contribution >= 4 is 16.7 Å². The molecular weight excluding hydrogens is 296 g/mol. The first-order valence-corrected chi connectivity index (χ1v) is 9.58. The third kappa shape index (κ3) is 5.21. The highest BCUT2D eigenvalue weighted by Crippen LogP contribution is 2.18. The summed E-state index contributed by atoms with van der Waals surface area (Å²) in [5.74, 6) is 0.142. The molecule has 0 spiro atoms. The maximum absolute atomic E-state index is 11.9. The van der Waals surface area contributed by atoms with Gasteiger partial charge in [0.25, 0.3) is 0 Å². The van der Waals surface area contributed by atoms with Crippen LogP contribution in [0.25, 0.3) is 0 Å². The number of carbonyl (C=O) groups excluding carboxylic acids is 1. The minimum atomic E-state index is -0.938. The highest BCUT2D eigenvalue weighted by molar-refractivity contribution is 7.84. The van der Waals surface area contributed by atoms with Gasteiger partial charge < -0.3 is 10.6 Å². The van der Waals surface area contributed by atoms with Crippen LogP contribution in [-0.2, 0) is 15.6 Å². The fraction of sp³-hybridized carbons (Fsp3) is 0.588. The van der Waals surface area contributed by atoms with E-state index in [0.717, 1.165) is 23.3 Å². The van der Waals surface area contributed by atoms with E-state index in [2.05, 4.69) is 17.6 Å². The summed E-state index contributed by atoms with van der Waals surface area (Å²) in [5.41, 5.74) is 1.14. The molecule has 0 unspecified atom stereocenters. The fourth-order valence-electron chi connectivity index (χ4n) is 2.84. The molecule has 5 heteroatoms. The molecule has 0 aromatic heterocycles. The second-order valence-corrected chi connectivity index (χ2v) is 7.38. The number of benzene rings is 1. The predicted molar refractivity (Wildman–Crippen MR) is 90.2 cm³/mol. The molecular formula is C17H26N2O2S. The normalized spacial score (nSPS) is 18.1. The number of rotatable bonds is 7. The molecule has 1 aromatic rings. The van der Waals surface area contributed by atoms with Gasteiger partial charge >= 0.3 is 0 Å². The number of carbonyl (C=O) groups is 1. The highest BCUT2D eigenvalue weighted by atomic mass is 32.2. The lowest BCUT2D eigenvalue weighted by atomic mass is 10.1. The van der Waals surface area contributed by atoms with Crippen LogP contribution in [0, 0.1) is 0 Å². The zero-order valence-corrected chi connectivity index (χ0v) is 14.2. The average Bonchev–Trinajstić information content (AvgIpc) is 3.00. The molecule has 2 atom stereocenters. The monoisotopic (exact) mass is 322 g/mol. The summed E-state index contributed by atoms with van der Waals surface area (Å²) in [6, 6.07) is 8.36. The summed E-state index contributed by atoms with van der Waals surface area (Å²) in [4.78, 5) is 12.7. The van der Waals surface area contributed by atoms with Crippen LogP contribution in [0.1, 0.15) is 50.6 Å². The largest absolute Gasteiger partial charge is 0.353 e. The van der Waals surface area contributed by atoms with Crippen molar-refractivity contribution in [1.82, 2.24) is 10.6 Å². The van der Waals surface area contributed by atoms with Gasteiger partial charge in [-0.25, -0.2) is 0 Å². The Labute approximate surface area is 135 Å². The minimum absolute atomic E-state index is 0.142. The van der Waals surface area contributed by atoms with E-state index in [1.54, 1.807) is 6.26 Å². The Hall–Kier alpha value is -1.20. The smallest absolute Gasteiger partial charge is 0.221 e. The zero-order valence-electron chi connectivity index (χ0n) is 13.4. The number of nitrogens with one attached hydrogen (secondary N) is 2. The van der Waals surface area contributed by atoms with E-state index < -0.39 is 10.8 Å². The summed E-state index contributed by atoms with van der Waals surface area (Å²) in [7, 11) is -0.938. The van der Waals surface area contributed by atoms with E-state index in [-0.39, 0.29) is 11.9 Å². The molecule has 0 saturated heterocycles. The van der Waals surface area contributed by atoms with Gasteiger partial charge in [-0.15, -0.1) is 0 Å². The Bertz CT molecular complexity index is 510. The number of hydrogen-bond acceptors (Lipinski definition) is 3. The van der Waals surface area contributed by atoms with Crippen LogP contribution >= 0.6 is 0 Å². The summed E-state index contributed by atoms with van der Waals surface area (Å²) in [5, 5.41) is 6.47. The molecule has 0 aliphatic heterocycles. The van der Waals surface area contributed by atoms with Crippen LogP contribution in [0.2, 0.25) is 0 Å². The first-order valence-electron chi connectivity index (χ1n) is 8.02. The van der Waals surface area contributed by atoms with Crippen LogP contribution in [0.15, 0.2) is 29.2 Å². The summed E-state index contributed by atoms with van der Waals surface area (Å²) in [6.07, 6.45) is 6.91. The second kappa shape index (κ2) is 8.44. The van der Waals surface area contributed by atoms with Crippen molar-refractivity contribution in [1.29, 1.82) is 0 Å². The van der Waals surface area contributed by atoms with Crippen molar-refractivity contribution in [3.05, 3.63) is 29.8 Å². The van der Waals surface area contributed by atoms with Gasteiger partial charge in [-0.3, -0.25) is 9.00 Å². The second-order valence-electron chi connectivity index (χ2n) is 6.00. The Kier molecular flexibility index (Phi) is 6.58. The van der Waals surface area contributed by atoms with Crippen molar-refractivity contribution in [2.24, 2.45) is 0 Å². The van der Waals surface area contributed by atoms with Gasteiger partial charge in [0.2, 0.25) is 5.91 Å². The number of amides is 1. The third-order valence-corrected chi connectivity index (χ3v) is 5.17. The van der Waals surface area contributed by atoms with Crippen molar-refractivity contribution < 1.29 is 9.00 Å². The SMILES string of the molecule is C[C@H](NCCC(=O)NC1CCCC1)c1ccc([S@](C)=O)cc1. The molecule has 1 aliphatic rings. The maximum atomic E-state index is 11.9. The molecule has 4 nitrogen and oxygen atoms in total. The maximum Gasteiger partial charge on any atom is 0.221 e. The van der Waals surface area contributed by atoms with Crippen molar-refractivity contribution in [2.45, 2.75) is 56.0 Å². The Balaban J connectivity index is 1.71. The van der Waals surface area contributed by atoms with Gasteiger partial charge in [-0.2, -0.15) is 0 Å². The van der Waals surface area contributed by atoms with Crippen LogP contribution in [0.3, 0.4) is 0 Å². The topological polar surface area (TPSA) is 58.2 Å². The van der Waals surface area contributed by atoms with E-state index in [1.807, 2.05) is 24.3 Å². The van der Waals surface area contributed by atoms with Gasteiger partial charge in [0.05, 0.1) is 0 Å². The van der Waals surface area contributed by atoms with Crippen LogP contribution in [0.4, 0.5) is 0 Å². The fourth-order valence-corrected chi connectivity index (χ4v) is 3.36. The molecule has 1 amide bonds. The van der Waals surface area contributed by atoms with E-state index >= 15 is 0 Å². The van der Waals surface area contributed by atoms with E-state index in [1.165, 1.54) is 12.8 Å². The Morgan fingerprint density at radius 2 is 1.91 bits per heavy atom. The first-order chi connectivity index (χ1) is 10.6. The third-order valence-electron chi connectivity index (χ3n) is 4.23. The van der Waals surface area contributed by atoms with Crippen LogP contribution < -0.4 is 10.6 Å². The standard InChI is InChI=1S/C17H26N2O2S/c1-13(14-7-9-16(10-8-14)22(2)21)18-12-11-17(20)19-15-5-3-4-6-15/h7-10,13,15,18H,3-6,11-12H2,1-2H3,(H,19,20)/t13-,22-/m0/s1. The molecule has 1 aliphatic carbocycles. The molecule has 1 saturated carbocycles. The zero-order chi connectivity index (χ0) is 15.9. The molecule has 2 rings (SSSR count). The van der Waals surface area contributed by atoms with Gasteiger partial charge in [0.1, 0.15) is 0 Å². The van der Waals surface area contributed by atoms with Crippen LogP contribution in [-0.4, -0.2) is 29.0 Å². The molecule has 0 heterocycles. The lowest BCUT2D eigenvalue weighted by molar-refractivity contribution is -0.121. The van der Waals surface area contributed by atoms with Crippen molar-refractivity contribution in [3.63, 3.8) is 0 Å². The highest BCUT2D eigenvalue weighted by Gasteiger charge is 2.16. The lowest BCUT2D eigenvalue weighted by Crippen LogP contribution is -2.34. The summed E-state index contributed by atoms with van der Waals surface area (Å²) < 4.78 is 11.4. The first kappa shape index (κ1) is 17.2. The molecule has 0 bridgehead atoms. The quantitative estimate of drug-likeness (QED) is 0.811.